The van der Waals surface area contributed by atoms with Gasteiger partial charge in [-0.15, -0.1) is 11.3 Å². The molecule has 1 unspecified atom stereocenters. The minimum atomic E-state index is -1.48. The van der Waals surface area contributed by atoms with Crippen LogP contribution in [-0.2, 0) is 20.9 Å². The smallest absolute Gasteiger partial charge is 0.354 e. The molecule has 0 spiro atoms. The summed E-state index contributed by atoms with van der Waals surface area (Å²) in [5, 5.41) is 6.72. The zero-order chi connectivity index (χ0) is 22.5. The molecule has 5 rings (SSSR count). The first-order valence-corrected chi connectivity index (χ1v) is 12.2. The molecule has 0 N–H and O–H groups in total. The number of fused-ring (bicyclic) bond motifs is 3. The Hall–Kier alpha value is -3.04. The molecule has 2 aromatic heterocycles. The maximum Gasteiger partial charge on any atom is 0.354 e. The van der Waals surface area contributed by atoms with Crippen molar-refractivity contribution in [1.29, 1.82) is 0 Å². The topological polar surface area (TPSA) is 79.8 Å². The number of amides is 2. The van der Waals surface area contributed by atoms with Crippen molar-refractivity contribution in [2.24, 2.45) is 0 Å². The Morgan fingerprint density at radius 2 is 2.03 bits per heavy atom. The van der Waals surface area contributed by atoms with Gasteiger partial charge in [0.2, 0.25) is 11.6 Å². The number of anilines is 1. The number of para-hydroxylation sites is 1. The van der Waals surface area contributed by atoms with Crippen LogP contribution in [0, 0.1) is 0 Å². The lowest BCUT2D eigenvalue weighted by molar-refractivity contribution is -0.159. The number of esters is 1. The van der Waals surface area contributed by atoms with Crippen molar-refractivity contribution < 1.29 is 19.1 Å². The molecule has 9 heteroatoms. The number of hydrogen-bond acceptors (Lipinski definition) is 7. The Balaban J connectivity index is 1.48. The molecule has 1 saturated heterocycles. The average Bonchev–Trinajstić information content (AvgIpc) is 3.52. The van der Waals surface area contributed by atoms with Crippen LogP contribution in [0.5, 0.6) is 0 Å². The highest BCUT2D eigenvalue weighted by Crippen LogP contribution is 2.46. The van der Waals surface area contributed by atoms with Gasteiger partial charge in [-0.1, -0.05) is 12.1 Å². The van der Waals surface area contributed by atoms with E-state index >= 15 is 0 Å². The van der Waals surface area contributed by atoms with Crippen LogP contribution in [0.15, 0.2) is 46.5 Å². The van der Waals surface area contributed by atoms with E-state index in [1.807, 2.05) is 36.1 Å². The summed E-state index contributed by atoms with van der Waals surface area (Å²) in [7, 11) is 0. The minimum absolute atomic E-state index is 0.0228. The third kappa shape index (κ3) is 3.07. The molecule has 3 aromatic rings. The number of aromatic nitrogens is 1. The highest BCUT2D eigenvalue weighted by molar-refractivity contribution is 7.14. The lowest BCUT2D eigenvalue weighted by atomic mass is 9.95. The molecule has 0 radical (unpaired) electrons. The number of thiazole rings is 1. The molecule has 2 aliphatic heterocycles. The van der Waals surface area contributed by atoms with Gasteiger partial charge >= 0.3 is 5.97 Å². The van der Waals surface area contributed by atoms with Crippen LogP contribution >= 0.6 is 22.7 Å². The molecule has 0 saturated carbocycles. The van der Waals surface area contributed by atoms with Crippen molar-refractivity contribution in [2.75, 3.05) is 4.90 Å². The summed E-state index contributed by atoms with van der Waals surface area (Å²) in [5.74, 6) is -1.07. The lowest BCUT2D eigenvalue weighted by Crippen LogP contribution is -2.70. The molecule has 2 aliphatic rings. The first-order valence-electron chi connectivity index (χ1n) is 10.3. The molecule has 1 atom stereocenters. The van der Waals surface area contributed by atoms with Gasteiger partial charge in [-0.2, -0.15) is 11.3 Å². The summed E-state index contributed by atoms with van der Waals surface area (Å²) in [6, 6.07) is 8.61. The van der Waals surface area contributed by atoms with E-state index in [1.54, 1.807) is 35.6 Å². The van der Waals surface area contributed by atoms with Gasteiger partial charge in [-0.3, -0.25) is 14.5 Å². The fourth-order valence-electron chi connectivity index (χ4n) is 4.52. The molecule has 7 nitrogen and oxygen atoms in total. The van der Waals surface area contributed by atoms with Crippen LogP contribution in [0.3, 0.4) is 0 Å². The fraction of sp³-hybridized carbons (Fsp3) is 0.304. The third-order valence-corrected chi connectivity index (χ3v) is 7.44. The van der Waals surface area contributed by atoms with Crippen molar-refractivity contribution in [3.05, 3.63) is 57.7 Å². The molecule has 4 heterocycles. The Labute approximate surface area is 193 Å². The van der Waals surface area contributed by atoms with Crippen LogP contribution in [0.25, 0.3) is 10.6 Å². The number of hydrogen-bond donors (Lipinski definition) is 0. The zero-order valence-electron chi connectivity index (χ0n) is 17.6. The lowest BCUT2D eigenvalue weighted by Gasteiger charge is -2.50. The van der Waals surface area contributed by atoms with E-state index in [4.69, 9.17) is 4.74 Å². The number of rotatable bonds is 5. The van der Waals surface area contributed by atoms with E-state index in [2.05, 4.69) is 4.98 Å². The first-order chi connectivity index (χ1) is 15.4. The molecular formula is C23H21N3O4S2. The number of thiophene rings is 1. The number of carbonyl (C=O) groups excluding carboxylic acids is 3. The molecule has 0 bridgehead atoms. The first kappa shape index (κ1) is 20.8. The van der Waals surface area contributed by atoms with Gasteiger partial charge < -0.3 is 9.64 Å². The monoisotopic (exact) mass is 467 g/mol. The third-order valence-electron chi connectivity index (χ3n) is 5.81. The summed E-state index contributed by atoms with van der Waals surface area (Å²) in [6.45, 7) is 3.66. The van der Waals surface area contributed by atoms with Gasteiger partial charge in [-0.25, -0.2) is 9.78 Å². The zero-order valence-corrected chi connectivity index (χ0v) is 19.2. The van der Waals surface area contributed by atoms with Crippen LogP contribution in [0.1, 0.15) is 42.7 Å². The molecule has 1 fully saturated rings. The van der Waals surface area contributed by atoms with E-state index in [1.165, 1.54) is 21.1 Å². The highest BCUT2D eigenvalue weighted by Gasteiger charge is 2.62. The second-order valence-corrected chi connectivity index (χ2v) is 9.70. The SMILES string of the molecule is CC(C)N1C(=O)c2ccccc2N2C(=O)CCC21C(=O)OCc1csc(-c2ccsc2)n1. The fourth-order valence-corrected chi connectivity index (χ4v) is 6.04. The molecule has 1 aromatic carbocycles. The maximum atomic E-state index is 13.6. The van der Waals surface area contributed by atoms with E-state index in [-0.39, 0.29) is 37.3 Å². The van der Waals surface area contributed by atoms with Crippen molar-refractivity contribution in [2.45, 2.75) is 45.0 Å². The van der Waals surface area contributed by atoms with Gasteiger partial charge in [-0.05, 0) is 37.4 Å². The van der Waals surface area contributed by atoms with Gasteiger partial charge in [0.1, 0.15) is 11.6 Å². The van der Waals surface area contributed by atoms with E-state index in [0.717, 1.165) is 10.6 Å². The predicted octanol–water partition coefficient (Wildman–Crippen LogP) is 4.30. The summed E-state index contributed by atoms with van der Waals surface area (Å²) < 4.78 is 5.72. The minimum Gasteiger partial charge on any atom is -0.456 e. The summed E-state index contributed by atoms with van der Waals surface area (Å²) >= 11 is 3.08. The second kappa shape index (κ2) is 7.83. The van der Waals surface area contributed by atoms with Crippen molar-refractivity contribution in [1.82, 2.24) is 9.88 Å². The van der Waals surface area contributed by atoms with Gasteiger partial charge in [0.05, 0.1) is 16.9 Å². The predicted molar refractivity (Wildman–Crippen MR) is 122 cm³/mol. The van der Waals surface area contributed by atoms with Crippen LogP contribution in [-0.4, -0.2) is 39.4 Å². The van der Waals surface area contributed by atoms with Crippen LogP contribution in [0.4, 0.5) is 5.69 Å². The molecule has 32 heavy (non-hydrogen) atoms. The largest absolute Gasteiger partial charge is 0.456 e. The number of benzene rings is 1. The Morgan fingerprint density at radius 1 is 1.22 bits per heavy atom. The Kier molecular flexibility index (Phi) is 5.10. The van der Waals surface area contributed by atoms with E-state index < -0.39 is 11.6 Å². The maximum absolute atomic E-state index is 13.6. The number of nitrogens with zero attached hydrogens (tertiary/aromatic N) is 3. The Morgan fingerprint density at radius 3 is 2.78 bits per heavy atom. The summed E-state index contributed by atoms with van der Waals surface area (Å²) in [6.07, 6.45) is 0.360. The van der Waals surface area contributed by atoms with Gasteiger partial charge in [0.25, 0.3) is 5.91 Å². The number of carbonyl (C=O) groups is 3. The molecular weight excluding hydrogens is 446 g/mol. The van der Waals surface area contributed by atoms with Crippen molar-refractivity contribution >= 4 is 46.1 Å². The molecule has 0 aliphatic carbocycles. The summed E-state index contributed by atoms with van der Waals surface area (Å²) in [5.41, 5.74) is 1.06. The van der Waals surface area contributed by atoms with Crippen LogP contribution < -0.4 is 4.90 Å². The quantitative estimate of drug-likeness (QED) is 0.523. The molecule has 164 valence electrons. The van der Waals surface area contributed by atoms with E-state index in [9.17, 15) is 14.4 Å². The van der Waals surface area contributed by atoms with Gasteiger partial charge in [0, 0.05) is 35.2 Å². The number of ether oxygens (including phenoxy) is 1. The highest BCUT2D eigenvalue weighted by atomic mass is 32.1. The van der Waals surface area contributed by atoms with E-state index in [0.29, 0.717) is 16.9 Å². The standard InChI is InChI=1S/C23H21N3O4S2/c1-14(2)25-21(28)17-5-3-4-6-18(17)26-19(27)7-9-23(25,26)22(29)30-11-16-13-32-20(24-16)15-8-10-31-12-15/h3-6,8,10,12-14H,7,9,11H2,1-2H3. The average molecular weight is 468 g/mol. The second-order valence-electron chi connectivity index (χ2n) is 8.06. The van der Waals surface area contributed by atoms with Crippen molar-refractivity contribution in [3.8, 4) is 10.6 Å². The van der Waals surface area contributed by atoms with Crippen LogP contribution in [0.2, 0.25) is 0 Å². The normalized spacial score (nSPS) is 20.0. The summed E-state index contributed by atoms with van der Waals surface area (Å²) in [4.78, 5) is 47.4. The van der Waals surface area contributed by atoms with Gasteiger partial charge in [0.15, 0.2) is 0 Å². The Bertz CT molecular complexity index is 1200. The van der Waals surface area contributed by atoms with Crippen molar-refractivity contribution in [3.63, 3.8) is 0 Å². The molecule has 2 amide bonds.